The van der Waals surface area contributed by atoms with Crippen molar-refractivity contribution < 1.29 is 19.8 Å². The van der Waals surface area contributed by atoms with Crippen LogP contribution in [-0.2, 0) is 9.59 Å². The van der Waals surface area contributed by atoms with Gasteiger partial charge in [0.1, 0.15) is 0 Å². The topological polar surface area (TPSA) is 74.6 Å². The lowest BCUT2D eigenvalue weighted by Gasteiger charge is -2.05. The number of hydrogen-bond donors (Lipinski definition) is 2. The van der Waals surface area contributed by atoms with Crippen LogP contribution in [-0.4, -0.2) is 26.6 Å². The van der Waals surface area contributed by atoms with E-state index in [-0.39, 0.29) is 6.42 Å². The van der Waals surface area contributed by atoms with E-state index < -0.39 is 17.9 Å². The van der Waals surface area contributed by atoms with E-state index in [1.165, 1.54) is 0 Å². The van der Waals surface area contributed by atoms with Crippen LogP contribution in [0.4, 0.5) is 0 Å². The second-order valence-electron chi connectivity index (χ2n) is 2.77. The number of hydrogen-bond acceptors (Lipinski definition) is 2. The van der Waals surface area contributed by atoms with Crippen LogP contribution in [0.3, 0.4) is 0 Å². The van der Waals surface area contributed by atoms with Gasteiger partial charge in [-0.3, -0.25) is 9.59 Å². The molecule has 0 fully saturated rings. The molecule has 0 aromatic carbocycles. The molecule has 0 spiro atoms. The van der Waals surface area contributed by atoms with E-state index in [1.807, 2.05) is 0 Å². The highest BCUT2D eigenvalue weighted by Crippen LogP contribution is 2.11. The summed E-state index contributed by atoms with van der Waals surface area (Å²) in [4.78, 5) is 20.8. The van der Waals surface area contributed by atoms with Crippen LogP contribution in [0.25, 0.3) is 0 Å². The summed E-state index contributed by atoms with van der Waals surface area (Å²) in [6.45, 7) is 0. The van der Waals surface area contributed by atoms with E-state index >= 15 is 0 Å². The Bertz CT molecular complexity index is 167. The number of halogens is 1. The van der Waals surface area contributed by atoms with Gasteiger partial charge in [-0.05, 0) is 17.3 Å². The number of carbonyl (C=O) groups is 2. The van der Waals surface area contributed by atoms with Crippen molar-refractivity contribution in [3.05, 3.63) is 0 Å². The molecule has 0 heterocycles. The average Bonchev–Trinajstić information content (AvgIpc) is 2.02. The standard InChI is InChI=1S/C8H13IO4/c9-5-3-1-2-4-6(7(10)11)8(12)13/h6H,1-5H2,(H,10,11)(H,12,13). The fraction of sp³-hybridized carbons (Fsp3) is 0.750. The van der Waals surface area contributed by atoms with Gasteiger partial charge in [-0.1, -0.05) is 35.4 Å². The van der Waals surface area contributed by atoms with E-state index in [2.05, 4.69) is 22.6 Å². The van der Waals surface area contributed by atoms with Crippen LogP contribution in [0.5, 0.6) is 0 Å². The van der Waals surface area contributed by atoms with E-state index in [0.29, 0.717) is 6.42 Å². The molecule has 0 unspecified atom stereocenters. The predicted octanol–water partition coefficient (Wildman–Crippen LogP) is 1.77. The summed E-state index contributed by atoms with van der Waals surface area (Å²) in [5, 5.41) is 17.0. The van der Waals surface area contributed by atoms with E-state index in [9.17, 15) is 9.59 Å². The van der Waals surface area contributed by atoms with Crippen molar-refractivity contribution in [2.75, 3.05) is 4.43 Å². The van der Waals surface area contributed by atoms with Gasteiger partial charge in [0.25, 0.3) is 0 Å². The lowest BCUT2D eigenvalue weighted by atomic mass is 10.0. The molecule has 0 radical (unpaired) electrons. The maximum atomic E-state index is 10.4. The van der Waals surface area contributed by atoms with Crippen molar-refractivity contribution in [3.8, 4) is 0 Å². The Morgan fingerprint density at radius 2 is 1.62 bits per heavy atom. The summed E-state index contributed by atoms with van der Waals surface area (Å²) in [6.07, 6.45) is 2.83. The van der Waals surface area contributed by atoms with Crippen molar-refractivity contribution in [1.82, 2.24) is 0 Å². The third-order valence-electron chi connectivity index (χ3n) is 1.72. The normalized spacial score (nSPS) is 10.3. The first-order chi connectivity index (χ1) is 6.09. The Morgan fingerprint density at radius 1 is 1.08 bits per heavy atom. The van der Waals surface area contributed by atoms with Crippen molar-refractivity contribution in [1.29, 1.82) is 0 Å². The van der Waals surface area contributed by atoms with E-state index in [0.717, 1.165) is 17.3 Å². The molecule has 0 amide bonds. The molecule has 0 rings (SSSR count). The maximum Gasteiger partial charge on any atom is 0.317 e. The van der Waals surface area contributed by atoms with Gasteiger partial charge in [0.15, 0.2) is 5.92 Å². The molecule has 0 bridgehead atoms. The van der Waals surface area contributed by atoms with Gasteiger partial charge in [-0.2, -0.15) is 0 Å². The molecule has 0 saturated heterocycles. The van der Waals surface area contributed by atoms with E-state index in [4.69, 9.17) is 10.2 Å². The van der Waals surface area contributed by atoms with E-state index in [1.54, 1.807) is 0 Å². The van der Waals surface area contributed by atoms with Gasteiger partial charge in [-0.25, -0.2) is 0 Å². The summed E-state index contributed by atoms with van der Waals surface area (Å²) < 4.78 is 1.03. The molecule has 2 N–H and O–H groups in total. The molecule has 0 aliphatic heterocycles. The lowest BCUT2D eigenvalue weighted by molar-refractivity contribution is -0.154. The highest BCUT2D eigenvalue weighted by molar-refractivity contribution is 14.1. The van der Waals surface area contributed by atoms with Crippen LogP contribution in [0.1, 0.15) is 25.7 Å². The Labute approximate surface area is 90.5 Å². The number of carboxylic acid groups (broad SMARTS) is 2. The van der Waals surface area contributed by atoms with Gasteiger partial charge >= 0.3 is 11.9 Å². The molecular formula is C8H13IO4. The highest BCUT2D eigenvalue weighted by Gasteiger charge is 2.24. The van der Waals surface area contributed by atoms with Gasteiger partial charge < -0.3 is 10.2 Å². The number of rotatable bonds is 7. The summed E-state index contributed by atoms with van der Waals surface area (Å²) in [7, 11) is 0. The maximum absolute atomic E-state index is 10.4. The minimum absolute atomic E-state index is 0.237. The molecule has 76 valence electrons. The second-order valence-corrected chi connectivity index (χ2v) is 3.85. The van der Waals surface area contributed by atoms with Crippen LogP contribution < -0.4 is 0 Å². The zero-order chi connectivity index (χ0) is 10.3. The van der Waals surface area contributed by atoms with Crippen LogP contribution in [0.15, 0.2) is 0 Å². The van der Waals surface area contributed by atoms with Crippen molar-refractivity contribution in [3.63, 3.8) is 0 Å². The van der Waals surface area contributed by atoms with Crippen LogP contribution in [0.2, 0.25) is 0 Å². The fourth-order valence-electron chi connectivity index (χ4n) is 0.972. The average molecular weight is 300 g/mol. The van der Waals surface area contributed by atoms with Crippen LogP contribution in [0, 0.1) is 5.92 Å². The Morgan fingerprint density at radius 3 is 2.00 bits per heavy atom. The van der Waals surface area contributed by atoms with Gasteiger partial charge in [0, 0.05) is 0 Å². The summed E-state index contributed by atoms with van der Waals surface area (Å²) in [5.74, 6) is -3.70. The summed E-state index contributed by atoms with van der Waals surface area (Å²) in [5.41, 5.74) is 0. The SMILES string of the molecule is O=C(O)C(CCCCCI)C(=O)O. The number of carboxylic acids is 2. The van der Waals surface area contributed by atoms with Crippen molar-refractivity contribution in [2.24, 2.45) is 5.92 Å². The van der Waals surface area contributed by atoms with Crippen molar-refractivity contribution >= 4 is 34.5 Å². The summed E-state index contributed by atoms with van der Waals surface area (Å²) >= 11 is 2.24. The molecule has 0 aliphatic rings. The van der Waals surface area contributed by atoms with Gasteiger partial charge in [0.05, 0.1) is 0 Å². The third-order valence-corrected chi connectivity index (χ3v) is 2.49. The molecule has 0 aliphatic carbocycles. The molecule has 13 heavy (non-hydrogen) atoms. The Kier molecular flexibility index (Phi) is 6.93. The fourth-order valence-corrected chi connectivity index (χ4v) is 1.51. The molecule has 0 aromatic heterocycles. The molecular weight excluding hydrogens is 287 g/mol. The first-order valence-corrected chi connectivity index (χ1v) is 5.63. The number of unbranched alkanes of at least 4 members (excludes halogenated alkanes) is 2. The molecule has 5 heteroatoms. The smallest absolute Gasteiger partial charge is 0.317 e. The largest absolute Gasteiger partial charge is 0.481 e. The zero-order valence-corrected chi connectivity index (χ0v) is 9.36. The number of alkyl halides is 1. The first kappa shape index (κ1) is 12.7. The quantitative estimate of drug-likeness (QED) is 0.325. The lowest BCUT2D eigenvalue weighted by Crippen LogP contribution is -2.23. The van der Waals surface area contributed by atoms with Crippen LogP contribution >= 0.6 is 22.6 Å². The molecule has 0 saturated carbocycles. The van der Waals surface area contributed by atoms with Gasteiger partial charge in [0.2, 0.25) is 0 Å². The Balaban J connectivity index is 3.71. The molecule has 0 aromatic rings. The zero-order valence-electron chi connectivity index (χ0n) is 7.20. The third kappa shape index (κ3) is 5.84. The second kappa shape index (κ2) is 7.11. The molecule has 0 atom stereocenters. The summed E-state index contributed by atoms with van der Waals surface area (Å²) in [6, 6.07) is 0. The molecule has 4 nitrogen and oxygen atoms in total. The first-order valence-electron chi connectivity index (χ1n) is 4.11. The minimum atomic E-state index is -1.23. The van der Waals surface area contributed by atoms with Crippen molar-refractivity contribution in [2.45, 2.75) is 25.7 Å². The van der Waals surface area contributed by atoms with Gasteiger partial charge in [-0.15, -0.1) is 0 Å². The highest BCUT2D eigenvalue weighted by atomic mass is 127. The Hall–Kier alpha value is -0.330. The predicted molar refractivity (Wildman–Crippen MR) is 56.1 cm³/mol. The minimum Gasteiger partial charge on any atom is -0.481 e. The number of aliphatic carboxylic acids is 2. The monoisotopic (exact) mass is 300 g/mol.